The molecule has 0 aliphatic heterocycles. The molecule has 0 saturated carbocycles. The Labute approximate surface area is 114 Å². The van der Waals surface area contributed by atoms with Crippen molar-refractivity contribution in [2.75, 3.05) is 13.7 Å². The van der Waals surface area contributed by atoms with Crippen LogP contribution in [0.25, 0.3) is 0 Å². The van der Waals surface area contributed by atoms with Crippen LogP contribution < -0.4 is 4.74 Å². The first-order valence-electron chi connectivity index (χ1n) is 6.44. The molecule has 0 aliphatic rings. The molecule has 0 aliphatic carbocycles. The Kier molecular flexibility index (Phi) is 5.32. The molecule has 0 radical (unpaired) electrons. The van der Waals surface area contributed by atoms with Crippen molar-refractivity contribution >= 4 is 0 Å². The average Bonchev–Trinajstić information content (AvgIpc) is 2.33. The Morgan fingerprint density at radius 1 is 1.32 bits per heavy atom. The lowest BCUT2D eigenvalue weighted by atomic mass is 9.83. The molecule has 2 atom stereocenters. The topological polar surface area (TPSA) is 38.7 Å². The van der Waals surface area contributed by atoms with E-state index in [-0.39, 0.29) is 5.41 Å². The third kappa shape index (κ3) is 3.91. The molecule has 1 aromatic carbocycles. The van der Waals surface area contributed by atoms with Crippen LogP contribution in [0.1, 0.15) is 39.4 Å². The smallest absolute Gasteiger partial charge is 0.124 e. The van der Waals surface area contributed by atoms with Crippen LogP contribution >= 0.6 is 0 Å². The number of aliphatic hydroxyl groups is 1. The van der Waals surface area contributed by atoms with Gasteiger partial charge in [-0.25, -0.2) is 4.39 Å². The Hall–Kier alpha value is -1.13. The van der Waals surface area contributed by atoms with Gasteiger partial charge < -0.3 is 14.6 Å². The number of methoxy groups -OCH3 is 1. The summed E-state index contributed by atoms with van der Waals surface area (Å²) in [4.78, 5) is 0. The van der Waals surface area contributed by atoms with Gasteiger partial charge in [-0.2, -0.15) is 0 Å². The van der Waals surface area contributed by atoms with Gasteiger partial charge in [-0.15, -0.1) is 0 Å². The largest absolute Gasteiger partial charge is 0.496 e. The van der Waals surface area contributed by atoms with Crippen molar-refractivity contribution in [3.63, 3.8) is 0 Å². The minimum atomic E-state index is -0.939. The van der Waals surface area contributed by atoms with Crippen molar-refractivity contribution in [3.8, 4) is 5.75 Å². The molecule has 4 heteroatoms. The molecule has 108 valence electrons. The molecule has 0 spiro atoms. The summed E-state index contributed by atoms with van der Waals surface area (Å²) >= 11 is 0. The number of hydrogen-bond acceptors (Lipinski definition) is 3. The number of benzene rings is 1. The van der Waals surface area contributed by atoms with Crippen LogP contribution in [-0.2, 0) is 4.74 Å². The molecule has 19 heavy (non-hydrogen) atoms. The first-order chi connectivity index (χ1) is 8.81. The van der Waals surface area contributed by atoms with Gasteiger partial charge >= 0.3 is 0 Å². The maximum atomic E-state index is 13.4. The van der Waals surface area contributed by atoms with Gasteiger partial charge in [-0.05, 0) is 30.5 Å². The molecule has 0 fully saturated rings. The van der Waals surface area contributed by atoms with Crippen molar-refractivity contribution < 1.29 is 19.0 Å². The van der Waals surface area contributed by atoms with Crippen molar-refractivity contribution in [2.45, 2.75) is 39.9 Å². The van der Waals surface area contributed by atoms with Gasteiger partial charge in [0, 0.05) is 12.2 Å². The molecule has 1 rings (SSSR count). The highest BCUT2D eigenvalue weighted by Crippen LogP contribution is 2.36. The zero-order chi connectivity index (χ0) is 14.6. The summed E-state index contributed by atoms with van der Waals surface area (Å²) in [6.07, 6.45) is -1.38. The molecule has 3 nitrogen and oxygen atoms in total. The minimum absolute atomic E-state index is 0.271. The minimum Gasteiger partial charge on any atom is -0.496 e. The SMILES string of the molecule is CCOC(C(O)c1cc(F)ccc1OC)C(C)(C)C. The normalized spacial score (nSPS) is 15.1. The average molecular weight is 270 g/mol. The van der Waals surface area contributed by atoms with E-state index in [1.165, 1.54) is 25.3 Å². The van der Waals surface area contributed by atoms with Gasteiger partial charge in [0.15, 0.2) is 0 Å². The Morgan fingerprint density at radius 2 is 1.95 bits per heavy atom. The van der Waals surface area contributed by atoms with Crippen LogP contribution in [0.4, 0.5) is 4.39 Å². The summed E-state index contributed by atoms with van der Waals surface area (Å²) in [7, 11) is 1.50. The highest BCUT2D eigenvalue weighted by Gasteiger charge is 2.34. The van der Waals surface area contributed by atoms with Crippen molar-refractivity contribution in [3.05, 3.63) is 29.6 Å². The lowest BCUT2D eigenvalue weighted by Crippen LogP contribution is -2.35. The number of hydrogen-bond donors (Lipinski definition) is 1. The monoisotopic (exact) mass is 270 g/mol. The van der Waals surface area contributed by atoms with Crippen LogP contribution in [0.2, 0.25) is 0 Å². The zero-order valence-electron chi connectivity index (χ0n) is 12.2. The summed E-state index contributed by atoms with van der Waals surface area (Å²) in [6, 6.07) is 4.11. The second-order valence-electron chi connectivity index (χ2n) is 5.57. The van der Waals surface area contributed by atoms with Gasteiger partial charge in [-0.1, -0.05) is 20.8 Å². The molecule has 1 aromatic rings. The zero-order valence-corrected chi connectivity index (χ0v) is 12.2. The molecule has 0 bridgehead atoms. The quantitative estimate of drug-likeness (QED) is 0.892. The van der Waals surface area contributed by atoms with Crippen LogP contribution in [0, 0.1) is 11.2 Å². The van der Waals surface area contributed by atoms with E-state index in [4.69, 9.17) is 9.47 Å². The van der Waals surface area contributed by atoms with Crippen LogP contribution in [0.3, 0.4) is 0 Å². The molecular weight excluding hydrogens is 247 g/mol. The molecule has 0 amide bonds. The lowest BCUT2D eigenvalue weighted by Gasteiger charge is -2.34. The Morgan fingerprint density at radius 3 is 2.42 bits per heavy atom. The van der Waals surface area contributed by atoms with E-state index in [0.29, 0.717) is 17.9 Å². The fourth-order valence-electron chi connectivity index (χ4n) is 2.09. The predicted octanol–water partition coefficient (Wildman–Crippen LogP) is 3.32. The van der Waals surface area contributed by atoms with Crippen molar-refractivity contribution in [1.29, 1.82) is 0 Å². The van der Waals surface area contributed by atoms with Crippen LogP contribution in [0.15, 0.2) is 18.2 Å². The fraction of sp³-hybridized carbons (Fsp3) is 0.600. The molecule has 2 unspecified atom stereocenters. The Bertz CT molecular complexity index is 412. The lowest BCUT2D eigenvalue weighted by molar-refractivity contribution is -0.0905. The molecule has 1 N–H and O–H groups in total. The fourth-order valence-corrected chi connectivity index (χ4v) is 2.09. The summed E-state index contributed by atoms with van der Waals surface area (Å²) in [5, 5.41) is 10.5. The van der Waals surface area contributed by atoms with Crippen molar-refractivity contribution in [2.24, 2.45) is 5.41 Å². The highest BCUT2D eigenvalue weighted by molar-refractivity contribution is 5.36. The Balaban J connectivity index is 3.15. The third-order valence-electron chi connectivity index (χ3n) is 3.00. The number of halogens is 1. The maximum absolute atomic E-state index is 13.4. The summed E-state index contributed by atoms with van der Waals surface area (Å²) < 4.78 is 24.2. The van der Waals surface area contributed by atoms with E-state index >= 15 is 0 Å². The molecule has 0 saturated heterocycles. The van der Waals surface area contributed by atoms with E-state index in [1.54, 1.807) is 0 Å². The summed E-state index contributed by atoms with van der Waals surface area (Å²) in [6.45, 7) is 8.28. The van der Waals surface area contributed by atoms with E-state index in [9.17, 15) is 9.50 Å². The maximum Gasteiger partial charge on any atom is 0.124 e. The van der Waals surface area contributed by atoms with Gasteiger partial charge in [-0.3, -0.25) is 0 Å². The summed E-state index contributed by atoms with van der Waals surface area (Å²) in [5.41, 5.74) is 0.142. The molecule has 0 heterocycles. The second kappa shape index (κ2) is 6.35. The van der Waals surface area contributed by atoms with Gasteiger partial charge in [0.05, 0.1) is 13.2 Å². The highest BCUT2D eigenvalue weighted by atomic mass is 19.1. The number of ether oxygens (including phenoxy) is 2. The first-order valence-corrected chi connectivity index (χ1v) is 6.44. The predicted molar refractivity (Wildman–Crippen MR) is 72.8 cm³/mol. The van der Waals surface area contributed by atoms with E-state index < -0.39 is 18.0 Å². The number of aliphatic hydroxyl groups excluding tert-OH is 1. The first kappa shape index (κ1) is 15.9. The standard InChI is InChI=1S/C15H23FO3/c1-6-19-14(15(2,3)4)13(17)11-9-10(16)7-8-12(11)18-5/h7-9,13-14,17H,6H2,1-5H3. The van der Waals surface area contributed by atoms with Crippen LogP contribution in [-0.4, -0.2) is 24.9 Å². The van der Waals surface area contributed by atoms with Crippen molar-refractivity contribution in [1.82, 2.24) is 0 Å². The van der Waals surface area contributed by atoms with Crippen LogP contribution in [0.5, 0.6) is 5.75 Å². The molecule has 0 aromatic heterocycles. The molecular formula is C15H23FO3. The second-order valence-corrected chi connectivity index (χ2v) is 5.57. The van der Waals surface area contributed by atoms with Gasteiger partial charge in [0.25, 0.3) is 0 Å². The van der Waals surface area contributed by atoms with E-state index in [2.05, 4.69) is 0 Å². The third-order valence-corrected chi connectivity index (χ3v) is 3.00. The van der Waals surface area contributed by atoms with E-state index in [1.807, 2.05) is 27.7 Å². The van der Waals surface area contributed by atoms with Gasteiger partial charge in [0.1, 0.15) is 17.7 Å². The van der Waals surface area contributed by atoms with E-state index in [0.717, 1.165) is 0 Å². The van der Waals surface area contributed by atoms with Gasteiger partial charge in [0.2, 0.25) is 0 Å². The number of rotatable bonds is 5. The summed E-state index contributed by atoms with van der Waals surface area (Å²) in [5.74, 6) is 0.0573.